The summed E-state index contributed by atoms with van der Waals surface area (Å²) in [7, 11) is 1.58. The molecule has 0 radical (unpaired) electrons. The zero-order valence-electron chi connectivity index (χ0n) is 16.3. The van der Waals surface area contributed by atoms with Crippen LogP contribution in [0, 0.1) is 0 Å². The van der Waals surface area contributed by atoms with Crippen LogP contribution in [0.4, 0.5) is 5.69 Å². The number of nitrogens with zero attached hydrogens (tertiary/aromatic N) is 4. The normalized spacial score (nSPS) is 11.1. The van der Waals surface area contributed by atoms with Crippen LogP contribution in [0.3, 0.4) is 0 Å². The van der Waals surface area contributed by atoms with Gasteiger partial charge in [-0.3, -0.25) is 9.36 Å². The first-order chi connectivity index (χ1) is 14.1. The third kappa shape index (κ3) is 3.56. The van der Waals surface area contributed by atoms with Gasteiger partial charge in [-0.05, 0) is 42.8 Å². The van der Waals surface area contributed by atoms with E-state index in [4.69, 9.17) is 4.74 Å². The van der Waals surface area contributed by atoms with Gasteiger partial charge in [0.05, 0.1) is 12.6 Å². The van der Waals surface area contributed by atoms with E-state index in [-0.39, 0.29) is 12.5 Å². The Morgan fingerprint density at radius 2 is 1.90 bits per heavy atom. The van der Waals surface area contributed by atoms with Gasteiger partial charge in [-0.1, -0.05) is 19.1 Å². The summed E-state index contributed by atoms with van der Waals surface area (Å²) < 4.78 is 7.83. The molecule has 29 heavy (non-hydrogen) atoms. The van der Waals surface area contributed by atoms with Crippen molar-refractivity contribution in [3.05, 3.63) is 64.8 Å². The number of fused-ring (bicyclic) bond motifs is 3. The van der Waals surface area contributed by atoms with E-state index in [1.807, 2.05) is 31.2 Å². The summed E-state index contributed by atoms with van der Waals surface area (Å²) in [6, 6.07) is 14.4. The fourth-order valence-corrected chi connectivity index (χ4v) is 3.28. The molecule has 0 saturated heterocycles. The van der Waals surface area contributed by atoms with E-state index in [1.165, 1.54) is 9.08 Å². The highest BCUT2D eigenvalue weighted by Crippen LogP contribution is 2.18. The van der Waals surface area contributed by atoms with Crippen LogP contribution in [0.2, 0.25) is 0 Å². The highest BCUT2D eigenvalue weighted by atomic mass is 16.5. The maximum absolute atomic E-state index is 13.1. The van der Waals surface area contributed by atoms with E-state index in [9.17, 15) is 9.59 Å². The Morgan fingerprint density at radius 1 is 1.14 bits per heavy atom. The molecule has 8 heteroatoms. The largest absolute Gasteiger partial charge is 0.497 e. The standard InChI is InChI=1S/C21H21N5O3/c1-3-6-18-23-20-16-7-4-5-8-17(16)25(21(28)26(20)24-18)13-19(27)22-14-9-11-15(29-2)12-10-14/h4-5,7-12H,3,6,13H2,1-2H3,(H,22,27). The topological polar surface area (TPSA) is 90.5 Å². The Balaban J connectivity index is 1.72. The SMILES string of the molecule is CCCc1nc2c3ccccc3n(CC(=O)Nc3ccc(OC)cc3)c(=O)n2n1. The van der Waals surface area contributed by atoms with Gasteiger partial charge in [0.1, 0.15) is 12.3 Å². The van der Waals surface area contributed by atoms with Gasteiger partial charge in [0.15, 0.2) is 11.5 Å². The van der Waals surface area contributed by atoms with Gasteiger partial charge < -0.3 is 10.1 Å². The lowest BCUT2D eigenvalue weighted by Crippen LogP contribution is -2.32. The Bertz CT molecular complexity index is 1240. The van der Waals surface area contributed by atoms with Crippen LogP contribution in [0.5, 0.6) is 5.75 Å². The van der Waals surface area contributed by atoms with Gasteiger partial charge in [0.2, 0.25) is 5.91 Å². The number of amides is 1. The summed E-state index contributed by atoms with van der Waals surface area (Å²) in [6.07, 6.45) is 1.57. The molecular weight excluding hydrogens is 370 g/mol. The van der Waals surface area contributed by atoms with Gasteiger partial charge >= 0.3 is 5.69 Å². The number of carbonyl (C=O) groups is 1. The number of aromatic nitrogens is 4. The fourth-order valence-electron chi connectivity index (χ4n) is 3.28. The molecule has 0 saturated carbocycles. The summed E-state index contributed by atoms with van der Waals surface area (Å²) >= 11 is 0. The number of methoxy groups -OCH3 is 1. The minimum absolute atomic E-state index is 0.135. The van der Waals surface area contributed by atoms with Gasteiger partial charge in [-0.2, -0.15) is 4.52 Å². The predicted octanol–water partition coefficient (Wildman–Crippen LogP) is 2.64. The molecule has 0 fully saturated rings. The van der Waals surface area contributed by atoms with E-state index < -0.39 is 5.69 Å². The molecular formula is C21H21N5O3. The third-order valence-corrected chi connectivity index (χ3v) is 4.65. The maximum atomic E-state index is 13.1. The molecule has 1 amide bonds. The second-order valence-electron chi connectivity index (χ2n) is 6.68. The number of hydrogen-bond acceptors (Lipinski definition) is 5. The zero-order chi connectivity index (χ0) is 20.4. The number of aryl methyl sites for hydroxylation is 1. The van der Waals surface area contributed by atoms with Crippen molar-refractivity contribution in [1.82, 2.24) is 19.2 Å². The number of rotatable bonds is 6. The number of nitrogens with one attached hydrogen (secondary N) is 1. The fraction of sp³-hybridized carbons (Fsp3) is 0.238. The molecule has 0 unspecified atom stereocenters. The van der Waals surface area contributed by atoms with E-state index in [0.717, 1.165) is 11.8 Å². The predicted molar refractivity (Wildman–Crippen MR) is 110 cm³/mol. The molecule has 1 N–H and O–H groups in total. The van der Waals surface area contributed by atoms with Gasteiger partial charge in [0, 0.05) is 17.5 Å². The van der Waals surface area contributed by atoms with Crippen LogP contribution in [0.15, 0.2) is 53.3 Å². The van der Waals surface area contributed by atoms with Gasteiger partial charge in [-0.25, -0.2) is 9.78 Å². The summed E-state index contributed by atoms with van der Waals surface area (Å²) in [5, 5.41) is 7.93. The van der Waals surface area contributed by atoms with E-state index in [2.05, 4.69) is 15.4 Å². The molecule has 2 aromatic heterocycles. The smallest absolute Gasteiger partial charge is 0.351 e. The third-order valence-electron chi connectivity index (χ3n) is 4.65. The van der Waals surface area contributed by atoms with Gasteiger partial charge in [-0.15, -0.1) is 5.10 Å². The first-order valence-electron chi connectivity index (χ1n) is 9.42. The number of hydrogen-bond donors (Lipinski definition) is 1. The van der Waals surface area contributed by atoms with E-state index in [1.54, 1.807) is 31.4 Å². The molecule has 8 nitrogen and oxygen atoms in total. The van der Waals surface area contributed by atoms with Crippen molar-refractivity contribution in [3.63, 3.8) is 0 Å². The minimum Gasteiger partial charge on any atom is -0.497 e. The number of carbonyl (C=O) groups excluding carboxylic acids is 1. The molecule has 0 aliphatic heterocycles. The van der Waals surface area contributed by atoms with Crippen LogP contribution in [0.25, 0.3) is 16.6 Å². The molecule has 0 spiro atoms. The van der Waals surface area contributed by atoms with Crippen LogP contribution in [-0.2, 0) is 17.8 Å². The van der Waals surface area contributed by atoms with Crippen LogP contribution in [0.1, 0.15) is 19.2 Å². The minimum atomic E-state index is -0.390. The lowest BCUT2D eigenvalue weighted by molar-refractivity contribution is -0.116. The highest BCUT2D eigenvalue weighted by Gasteiger charge is 2.16. The molecule has 4 rings (SSSR count). The average Bonchev–Trinajstić information content (AvgIpc) is 3.16. The van der Waals surface area contributed by atoms with Gasteiger partial charge in [0.25, 0.3) is 0 Å². The lowest BCUT2D eigenvalue weighted by atomic mass is 10.2. The van der Waals surface area contributed by atoms with Crippen LogP contribution in [-0.4, -0.2) is 32.2 Å². The Morgan fingerprint density at radius 3 is 2.62 bits per heavy atom. The summed E-state index contributed by atoms with van der Waals surface area (Å²) in [5.74, 6) is 1.01. The molecule has 2 aromatic carbocycles. The number of ether oxygens (including phenoxy) is 1. The summed E-state index contributed by atoms with van der Waals surface area (Å²) in [4.78, 5) is 30.2. The summed E-state index contributed by atoms with van der Waals surface area (Å²) in [5.41, 5.74) is 1.39. The molecule has 148 valence electrons. The molecule has 0 bridgehead atoms. The van der Waals surface area contributed by atoms with Crippen molar-refractivity contribution >= 4 is 28.1 Å². The van der Waals surface area contributed by atoms with Crippen molar-refractivity contribution in [2.75, 3.05) is 12.4 Å². The molecule has 0 aliphatic carbocycles. The molecule has 0 atom stereocenters. The summed E-state index contributed by atoms with van der Waals surface area (Å²) in [6.45, 7) is 1.90. The van der Waals surface area contributed by atoms with Crippen molar-refractivity contribution < 1.29 is 9.53 Å². The molecule has 4 aromatic rings. The van der Waals surface area contributed by atoms with Crippen molar-refractivity contribution in [2.45, 2.75) is 26.3 Å². The van der Waals surface area contributed by atoms with Crippen molar-refractivity contribution in [3.8, 4) is 5.75 Å². The first-order valence-corrected chi connectivity index (χ1v) is 9.42. The Labute approximate surface area is 166 Å². The van der Waals surface area contributed by atoms with Crippen LogP contribution < -0.4 is 15.7 Å². The first kappa shape index (κ1) is 18.7. The number of benzene rings is 2. The van der Waals surface area contributed by atoms with Crippen molar-refractivity contribution in [2.24, 2.45) is 0 Å². The van der Waals surface area contributed by atoms with Crippen molar-refractivity contribution in [1.29, 1.82) is 0 Å². The zero-order valence-corrected chi connectivity index (χ0v) is 16.3. The Kier molecular flexibility index (Phi) is 4.99. The maximum Gasteiger partial charge on any atom is 0.351 e. The lowest BCUT2D eigenvalue weighted by Gasteiger charge is -2.11. The number of para-hydroxylation sites is 1. The molecule has 0 aliphatic rings. The quantitative estimate of drug-likeness (QED) is 0.546. The average molecular weight is 391 g/mol. The van der Waals surface area contributed by atoms with E-state index >= 15 is 0 Å². The molecule has 2 heterocycles. The number of anilines is 1. The highest BCUT2D eigenvalue weighted by molar-refractivity contribution is 5.94. The Hall–Kier alpha value is -3.68. The second-order valence-corrected chi connectivity index (χ2v) is 6.68. The van der Waals surface area contributed by atoms with Crippen LogP contribution >= 0.6 is 0 Å². The monoisotopic (exact) mass is 391 g/mol. The van der Waals surface area contributed by atoms with E-state index in [0.29, 0.717) is 34.8 Å². The second kappa shape index (κ2) is 7.75.